The summed E-state index contributed by atoms with van der Waals surface area (Å²) in [6, 6.07) is 4.30. The van der Waals surface area contributed by atoms with Gasteiger partial charge >= 0.3 is 5.97 Å². The Morgan fingerprint density at radius 2 is 2.15 bits per heavy atom. The van der Waals surface area contributed by atoms with Gasteiger partial charge < -0.3 is 9.30 Å². The SMILES string of the molecule is COC(=O)C(C)(C)c1cn2c3c(cc(Br)cc13)CCC2. The van der Waals surface area contributed by atoms with Crippen molar-refractivity contribution in [1.29, 1.82) is 0 Å². The number of hydrogen-bond acceptors (Lipinski definition) is 2. The summed E-state index contributed by atoms with van der Waals surface area (Å²) in [5.41, 5.74) is 3.03. The molecule has 2 aromatic rings. The Hall–Kier alpha value is -1.29. The molecule has 1 aliphatic heterocycles. The maximum atomic E-state index is 12.1. The zero-order valence-electron chi connectivity index (χ0n) is 12.0. The Labute approximate surface area is 127 Å². The molecule has 0 amide bonds. The molecule has 0 saturated heterocycles. The molecule has 0 fully saturated rings. The molecular formula is C16H18BrNO2. The summed E-state index contributed by atoms with van der Waals surface area (Å²) in [7, 11) is 1.45. The highest BCUT2D eigenvalue weighted by atomic mass is 79.9. The van der Waals surface area contributed by atoms with E-state index in [2.05, 4.69) is 38.8 Å². The highest BCUT2D eigenvalue weighted by Gasteiger charge is 2.34. The number of rotatable bonds is 2. The fourth-order valence-corrected chi connectivity index (χ4v) is 3.67. The van der Waals surface area contributed by atoms with E-state index in [1.165, 1.54) is 18.2 Å². The number of nitrogens with zero attached hydrogens (tertiary/aromatic N) is 1. The molecule has 0 bridgehead atoms. The second kappa shape index (κ2) is 4.62. The molecule has 1 aromatic heterocycles. The van der Waals surface area contributed by atoms with Gasteiger partial charge in [0.05, 0.1) is 18.0 Å². The van der Waals surface area contributed by atoms with Gasteiger partial charge in [-0.1, -0.05) is 15.9 Å². The van der Waals surface area contributed by atoms with Crippen LogP contribution in [0, 0.1) is 0 Å². The number of esters is 1. The fraction of sp³-hybridized carbons (Fsp3) is 0.438. The zero-order valence-corrected chi connectivity index (χ0v) is 13.6. The topological polar surface area (TPSA) is 31.2 Å². The van der Waals surface area contributed by atoms with Gasteiger partial charge in [-0.3, -0.25) is 4.79 Å². The van der Waals surface area contributed by atoms with Crippen molar-refractivity contribution in [3.05, 3.63) is 33.9 Å². The molecule has 3 rings (SSSR count). The minimum Gasteiger partial charge on any atom is -0.468 e. The summed E-state index contributed by atoms with van der Waals surface area (Å²) in [4.78, 5) is 12.1. The Morgan fingerprint density at radius 1 is 1.40 bits per heavy atom. The third-order valence-corrected chi connectivity index (χ3v) is 4.69. The van der Waals surface area contributed by atoms with Crippen molar-refractivity contribution in [2.45, 2.75) is 38.6 Å². The molecule has 20 heavy (non-hydrogen) atoms. The van der Waals surface area contributed by atoms with Crippen molar-refractivity contribution in [1.82, 2.24) is 4.57 Å². The molecule has 0 saturated carbocycles. The second-order valence-electron chi connectivity index (χ2n) is 5.92. The second-order valence-corrected chi connectivity index (χ2v) is 6.83. The van der Waals surface area contributed by atoms with E-state index in [-0.39, 0.29) is 5.97 Å². The number of hydrogen-bond donors (Lipinski definition) is 0. The van der Waals surface area contributed by atoms with Crippen molar-refractivity contribution in [2.75, 3.05) is 7.11 Å². The minimum absolute atomic E-state index is 0.197. The van der Waals surface area contributed by atoms with Crippen molar-refractivity contribution in [2.24, 2.45) is 0 Å². The van der Waals surface area contributed by atoms with Crippen LogP contribution in [0.5, 0.6) is 0 Å². The van der Waals surface area contributed by atoms with E-state index in [1.807, 2.05) is 13.8 Å². The van der Waals surface area contributed by atoms with E-state index in [9.17, 15) is 4.79 Å². The smallest absolute Gasteiger partial charge is 0.315 e. The average molecular weight is 336 g/mol. The minimum atomic E-state index is -0.638. The van der Waals surface area contributed by atoms with Crippen molar-refractivity contribution in [3.8, 4) is 0 Å². The van der Waals surface area contributed by atoms with E-state index >= 15 is 0 Å². The predicted molar refractivity (Wildman–Crippen MR) is 83.0 cm³/mol. The molecular weight excluding hydrogens is 318 g/mol. The standard InChI is InChI=1S/C16H18BrNO2/c1-16(2,15(19)20-3)13-9-18-6-4-5-10-7-11(17)8-12(13)14(10)18/h7-9H,4-6H2,1-3H3. The van der Waals surface area contributed by atoms with Crippen LogP contribution < -0.4 is 0 Å². The maximum Gasteiger partial charge on any atom is 0.315 e. The van der Waals surface area contributed by atoms with E-state index < -0.39 is 5.41 Å². The number of aryl methyl sites for hydroxylation is 2. The Balaban J connectivity index is 2.31. The first kappa shape index (κ1) is 13.7. The van der Waals surface area contributed by atoms with E-state index in [4.69, 9.17) is 4.74 Å². The van der Waals surface area contributed by atoms with Crippen LogP contribution in [-0.2, 0) is 27.9 Å². The summed E-state index contributed by atoms with van der Waals surface area (Å²) >= 11 is 3.59. The van der Waals surface area contributed by atoms with Crippen LogP contribution in [0.25, 0.3) is 10.9 Å². The number of carbonyl (C=O) groups excluding carboxylic acids is 1. The molecule has 0 aliphatic carbocycles. The number of benzene rings is 1. The van der Waals surface area contributed by atoms with Gasteiger partial charge in [-0.05, 0) is 49.9 Å². The van der Waals surface area contributed by atoms with Gasteiger partial charge in [0.15, 0.2) is 0 Å². The fourth-order valence-electron chi connectivity index (χ4n) is 3.16. The van der Waals surface area contributed by atoms with E-state index in [1.54, 1.807) is 0 Å². The van der Waals surface area contributed by atoms with Crippen LogP contribution in [-0.4, -0.2) is 17.6 Å². The van der Waals surface area contributed by atoms with Crippen LogP contribution in [0.4, 0.5) is 0 Å². The van der Waals surface area contributed by atoms with Gasteiger partial charge in [0, 0.05) is 22.6 Å². The van der Waals surface area contributed by atoms with Crippen molar-refractivity contribution in [3.63, 3.8) is 0 Å². The third kappa shape index (κ3) is 1.89. The first-order valence-electron chi connectivity index (χ1n) is 6.85. The zero-order chi connectivity index (χ0) is 14.5. The average Bonchev–Trinajstić information content (AvgIpc) is 2.78. The monoisotopic (exact) mass is 335 g/mol. The van der Waals surface area contributed by atoms with Gasteiger partial charge in [-0.25, -0.2) is 0 Å². The van der Waals surface area contributed by atoms with Crippen LogP contribution in [0.15, 0.2) is 22.8 Å². The maximum absolute atomic E-state index is 12.1. The summed E-state index contributed by atoms with van der Waals surface area (Å²) in [5, 5.41) is 1.16. The number of methoxy groups -OCH3 is 1. The number of ether oxygens (including phenoxy) is 1. The van der Waals surface area contributed by atoms with E-state index in [0.29, 0.717) is 0 Å². The largest absolute Gasteiger partial charge is 0.468 e. The Bertz CT molecular complexity index is 700. The van der Waals surface area contributed by atoms with Gasteiger partial charge in [-0.2, -0.15) is 0 Å². The highest BCUT2D eigenvalue weighted by molar-refractivity contribution is 9.10. The molecule has 4 heteroatoms. The van der Waals surface area contributed by atoms with Gasteiger partial charge in [0.2, 0.25) is 0 Å². The molecule has 0 unspecified atom stereocenters. The summed E-state index contributed by atoms with van der Waals surface area (Å²) in [6.45, 7) is 4.87. The molecule has 0 N–H and O–H groups in total. The van der Waals surface area contributed by atoms with Gasteiger partial charge in [0.1, 0.15) is 0 Å². The Kier molecular flexibility index (Phi) is 3.16. The first-order chi connectivity index (χ1) is 9.45. The van der Waals surface area contributed by atoms with Gasteiger partial charge in [0.25, 0.3) is 0 Å². The number of carbonyl (C=O) groups is 1. The molecule has 0 atom stereocenters. The summed E-state index contributed by atoms with van der Waals surface area (Å²) < 4.78 is 8.33. The van der Waals surface area contributed by atoms with E-state index in [0.717, 1.165) is 34.8 Å². The third-order valence-electron chi connectivity index (χ3n) is 4.23. The molecule has 1 aromatic carbocycles. The molecule has 0 spiro atoms. The number of halogens is 1. The Morgan fingerprint density at radius 3 is 2.85 bits per heavy atom. The van der Waals surface area contributed by atoms with Crippen LogP contribution in [0.2, 0.25) is 0 Å². The lowest BCUT2D eigenvalue weighted by molar-refractivity contribution is -0.146. The normalized spacial score (nSPS) is 14.6. The molecule has 106 valence electrons. The summed E-state index contributed by atoms with van der Waals surface area (Å²) in [5.74, 6) is -0.197. The highest BCUT2D eigenvalue weighted by Crippen LogP contribution is 2.38. The number of aromatic nitrogens is 1. The van der Waals surface area contributed by atoms with Gasteiger partial charge in [-0.15, -0.1) is 0 Å². The van der Waals surface area contributed by atoms with Crippen LogP contribution >= 0.6 is 15.9 Å². The molecule has 2 heterocycles. The lowest BCUT2D eigenvalue weighted by Crippen LogP contribution is -2.30. The first-order valence-corrected chi connectivity index (χ1v) is 7.64. The quantitative estimate of drug-likeness (QED) is 0.781. The summed E-state index contributed by atoms with van der Waals surface area (Å²) in [6.07, 6.45) is 4.36. The molecule has 3 nitrogen and oxygen atoms in total. The van der Waals surface area contributed by atoms with Crippen molar-refractivity contribution >= 4 is 32.8 Å². The predicted octanol–water partition coefficient (Wildman–Crippen LogP) is 3.80. The molecule has 0 radical (unpaired) electrons. The van der Waals surface area contributed by atoms with Crippen molar-refractivity contribution < 1.29 is 9.53 Å². The lowest BCUT2D eigenvalue weighted by Gasteiger charge is -2.21. The molecule has 1 aliphatic rings. The lowest BCUT2D eigenvalue weighted by atomic mass is 9.84. The van der Waals surface area contributed by atoms with Crippen LogP contribution in [0.1, 0.15) is 31.4 Å². The van der Waals surface area contributed by atoms with Crippen LogP contribution in [0.3, 0.4) is 0 Å².